The molecule has 0 saturated carbocycles. The summed E-state index contributed by atoms with van der Waals surface area (Å²) in [6.07, 6.45) is 1.93. The van der Waals surface area contributed by atoms with Crippen LogP contribution in [0.3, 0.4) is 0 Å². The van der Waals surface area contributed by atoms with Crippen molar-refractivity contribution in [1.29, 1.82) is 5.26 Å². The van der Waals surface area contributed by atoms with Crippen molar-refractivity contribution in [1.82, 2.24) is 0 Å². The molecule has 0 aromatic heterocycles. The van der Waals surface area contributed by atoms with Crippen LogP contribution >= 0.6 is 0 Å². The molecule has 1 N–H and O–H groups in total. The fourth-order valence-electron chi connectivity index (χ4n) is 1.81. The summed E-state index contributed by atoms with van der Waals surface area (Å²) in [7, 11) is -3.74. The van der Waals surface area contributed by atoms with Gasteiger partial charge in [-0.05, 0) is 23.1 Å². The zero-order chi connectivity index (χ0) is 17.3. The summed E-state index contributed by atoms with van der Waals surface area (Å²) in [5.74, 6) is -0.465. The van der Waals surface area contributed by atoms with Crippen LogP contribution in [0.25, 0.3) is 6.08 Å². The summed E-state index contributed by atoms with van der Waals surface area (Å²) < 4.78 is 22.9. The minimum absolute atomic E-state index is 0.163. The summed E-state index contributed by atoms with van der Waals surface area (Å²) in [5, 5.41) is 30.0. The number of phenolic OH excluding ortho intramolecular Hbond substituents is 1. The maximum Gasteiger partial charge on any atom is 0.311 e. The molecule has 0 spiro atoms. The second-order valence-electron chi connectivity index (χ2n) is 5.84. The number of rotatable bonds is 3. The van der Waals surface area contributed by atoms with Crippen LogP contribution in [0.15, 0.2) is 17.0 Å². The average Bonchev–Trinajstić information content (AvgIpc) is 2.33. The number of hydrogen-bond donors (Lipinski definition) is 1. The van der Waals surface area contributed by atoms with Crippen LogP contribution in [0, 0.1) is 21.4 Å². The van der Waals surface area contributed by atoms with Crippen molar-refractivity contribution in [2.45, 2.75) is 26.2 Å². The van der Waals surface area contributed by atoms with Crippen molar-refractivity contribution < 1.29 is 18.4 Å². The number of aromatic hydroxyl groups is 1. The normalized spacial score (nSPS) is 12.8. The molecular formula is C14H16N2O5S. The Balaban J connectivity index is 3.72. The van der Waals surface area contributed by atoms with Crippen LogP contribution in [-0.2, 0) is 15.3 Å². The highest BCUT2D eigenvalue weighted by molar-refractivity contribution is 7.95. The summed E-state index contributed by atoms with van der Waals surface area (Å²) >= 11 is 0. The van der Waals surface area contributed by atoms with Crippen LogP contribution in [0.1, 0.15) is 31.9 Å². The smallest absolute Gasteiger partial charge is 0.311 e. The third-order valence-corrected chi connectivity index (χ3v) is 3.93. The Morgan fingerprint density at radius 2 is 1.95 bits per heavy atom. The molecule has 1 aromatic rings. The molecular weight excluding hydrogens is 308 g/mol. The highest BCUT2D eigenvalue weighted by atomic mass is 32.2. The first-order valence-corrected chi connectivity index (χ1v) is 8.11. The molecule has 0 aliphatic carbocycles. The van der Waals surface area contributed by atoms with E-state index in [0.717, 1.165) is 18.4 Å². The lowest BCUT2D eigenvalue weighted by atomic mass is 9.85. The Bertz CT molecular complexity index is 796. The fourth-order valence-corrected chi connectivity index (χ4v) is 2.32. The van der Waals surface area contributed by atoms with Crippen molar-refractivity contribution in [3.63, 3.8) is 0 Å². The SMILES string of the molecule is CC(C)(C)c1cc(C=C(C#N)S(C)(=O)=O)cc([N+](=O)[O-])c1O. The Morgan fingerprint density at radius 1 is 1.41 bits per heavy atom. The average molecular weight is 324 g/mol. The molecule has 0 amide bonds. The van der Waals surface area contributed by atoms with Gasteiger partial charge in [0.25, 0.3) is 0 Å². The molecule has 0 fully saturated rings. The van der Waals surface area contributed by atoms with Gasteiger partial charge in [-0.1, -0.05) is 20.8 Å². The number of nitro benzene ring substituents is 1. The highest BCUT2D eigenvalue weighted by Gasteiger charge is 2.26. The highest BCUT2D eigenvalue weighted by Crippen LogP contribution is 2.39. The largest absolute Gasteiger partial charge is 0.502 e. The van der Waals surface area contributed by atoms with E-state index >= 15 is 0 Å². The number of nitro groups is 1. The minimum Gasteiger partial charge on any atom is -0.502 e. The molecule has 118 valence electrons. The first-order chi connectivity index (χ1) is 9.87. The number of nitrogens with zero attached hydrogens (tertiary/aromatic N) is 2. The molecule has 7 nitrogen and oxygen atoms in total. The van der Waals surface area contributed by atoms with E-state index in [1.807, 2.05) is 0 Å². The van der Waals surface area contributed by atoms with Crippen molar-refractivity contribution in [3.8, 4) is 11.8 Å². The number of sulfone groups is 1. The molecule has 0 atom stereocenters. The Hall–Kier alpha value is -2.40. The van der Waals surface area contributed by atoms with E-state index in [1.54, 1.807) is 26.8 Å². The topological polar surface area (TPSA) is 121 Å². The second kappa shape index (κ2) is 5.77. The Labute approximate surface area is 128 Å². The monoisotopic (exact) mass is 324 g/mol. The molecule has 0 saturated heterocycles. The summed E-state index contributed by atoms with van der Waals surface area (Å²) in [5.41, 5.74) is -0.684. The van der Waals surface area contributed by atoms with Crippen LogP contribution < -0.4 is 0 Å². The molecule has 0 radical (unpaired) electrons. The summed E-state index contributed by atoms with van der Waals surface area (Å²) in [6, 6.07) is 4.02. The predicted octanol–water partition coefficient (Wildman–Crippen LogP) is 2.51. The third-order valence-electron chi connectivity index (χ3n) is 2.92. The zero-order valence-electron chi connectivity index (χ0n) is 12.6. The van der Waals surface area contributed by atoms with E-state index in [-0.39, 0.29) is 5.56 Å². The predicted molar refractivity (Wildman–Crippen MR) is 81.9 cm³/mol. The molecule has 0 heterocycles. The van der Waals surface area contributed by atoms with Crippen molar-refractivity contribution in [2.24, 2.45) is 0 Å². The standard InChI is InChI=1S/C14H16N2O5S/c1-14(2,3)11-6-9(5-10(8-15)22(4,20)21)7-12(13(11)17)16(18)19/h5-7,17H,1-4H3. The maximum atomic E-state index is 11.5. The van der Waals surface area contributed by atoms with Crippen LogP contribution in [0.4, 0.5) is 5.69 Å². The first-order valence-electron chi connectivity index (χ1n) is 6.21. The van der Waals surface area contributed by atoms with Gasteiger partial charge < -0.3 is 5.11 Å². The molecule has 1 rings (SSSR count). The van der Waals surface area contributed by atoms with Gasteiger partial charge >= 0.3 is 5.69 Å². The van der Waals surface area contributed by atoms with E-state index in [9.17, 15) is 23.6 Å². The van der Waals surface area contributed by atoms with E-state index in [0.29, 0.717) is 5.56 Å². The van der Waals surface area contributed by atoms with Gasteiger partial charge in [-0.25, -0.2) is 8.42 Å². The zero-order valence-corrected chi connectivity index (χ0v) is 13.4. The number of allylic oxidation sites excluding steroid dienone is 1. The third kappa shape index (κ3) is 3.83. The minimum atomic E-state index is -3.74. The fraction of sp³-hybridized carbons (Fsp3) is 0.357. The van der Waals surface area contributed by atoms with Gasteiger partial charge in [0.15, 0.2) is 15.6 Å². The van der Waals surface area contributed by atoms with E-state index in [4.69, 9.17) is 5.26 Å². The van der Waals surface area contributed by atoms with Gasteiger partial charge in [-0.15, -0.1) is 0 Å². The lowest BCUT2D eigenvalue weighted by molar-refractivity contribution is -0.386. The van der Waals surface area contributed by atoms with Crippen molar-refractivity contribution >= 4 is 21.6 Å². The summed E-state index contributed by atoms with van der Waals surface area (Å²) in [4.78, 5) is 9.78. The van der Waals surface area contributed by atoms with E-state index in [1.165, 1.54) is 6.07 Å². The van der Waals surface area contributed by atoms with E-state index in [2.05, 4.69) is 0 Å². The van der Waals surface area contributed by atoms with Crippen LogP contribution in [0.2, 0.25) is 0 Å². The lowest BCUT2D eigenvalue weighted by Crippen LogP contribution is -2.12. The molecule has 0 bridgehead atoms. The molecule has 0 aliphatic rings. The van der Waals surface area contributed by atoms with Crippen LogP contribution in [0.5, 0.6) is 5.75 Å². The molecule has 0 aliphatic heterocycles. The Morgan fingerprint density at radius 3 is 2.32 bits per heavy atom. The van der Waals surface area contributed by atoms with Crippen molar-refractivity contribution in [2.75, 3.05) is 6.26 Å². The van der Waals surface area contributed by atoms with Gasteiger partial charge in [0.05, 0.1) is 4.92 Å². The number of hydrogen-bond acceptors (Lipinski definition) is 6. The van der Waals surface area contributed by atoms with Crippen LogP contribution in [-0.4, -0.2) is 24.7 Å². The summed E-state index contributed by atoms with van der Waals surface area (Å²) in [6.45, 7) is 5.25. The number of phenols is 1. The number of benzene rings is 1. The molecule has 8 heteroatoms. The van der Waals surface area contributed by atoms with Gasteiger partial charge in [0.2, 0.25) is 0 Å². The molecule has 0 unspecified atom stereocenters. The lowest BCUT2D eigenvalue weighted by Gasteiger charge is -2.20. The van der Waals surface area contributed by atoms with Gasteiger partial charge in [-0.3, -0.25) is 10.1 Å². The molecule has 1 aromatic carbocycles. The van der Waals surface area contributed by atoms with Gasteiger partial charge in [0.1, 0.15) is 11.0 Å². The first kappa shape index (κ1) is 17.7. The quantitative estimate of drug-likeness (QED) is 0.518. The Kier molecular flexibility index (Phi) is 4.63. The number of nitriles is 1. The van der Waals surface area contributed by atoms with Gasteiger partial charge in [0, 0.05) is 17.9 Å². The van der Waals surface area contributed by atoms with Crippen molar-refractivity contribution in [3.05, 3.63) is 38.3 Å². The maximum absolute atomic E-state index is 11.5. The molecule has 22 heavy (non-hydrogen) atoms. The van der Waals surface area contributed by atoms with Gasteiger partial charge in [-0.2, -0.15) is 5.26 Å². The second-order valence-corrected chi connectivity index (χ2v) is 7.82. The van der Waals surface area contributed by atoms with E-state index < -0.39 is 36.5 Å².